The van der Waals surface area contributed by atoms with Gasteiger partial charge in [-0.3, -0.25) is 4.98 Å². The molecule has 6 nitrogen and oxygen atoms in total. The highest BCUT2D eigenvalue weighted by Crippen LogP contribution is 2.15. The largest absolute Gasteiger partial charge is 0.384 e. The lowest BCUT2D eigenvalue weighted by molar-refractivity contribution is 1.13. The molecule has 0 unspecified atom stereocenters. The van der Waals surface area contributed by atoms with E-state index in [1.54, 1.807) is 18.3 Å². The summed E-state index contributed by atoms with van der Waals surface area (Å²) in [5.41, 5.74) is 8.67. The number of hydrogen-bond acceptors (Lipinski definition) is 6. The van der Waals surface area contributed by atoms with Crippen molar-refractivity contribution >= 4 is 11.6 Å². The Balaban J connectivity index is 2.49. The van der Waals surface area contributed by atoms with Crippen LogP contribution in [0.15, 0.2) is 30.5 Å². The smallest absolute Gasteiger partial charge is 0.182 e. The number of anilines is 2. The van der Waals surface area contributed by atoms with Crippen molar-refractivity contribution in [1.29, 1.82) is 0 Å². The molecule has 2 aromatic rings. The maximum Gasteiger partial charge on any atom is 0.182 e. The summed E-state index contributed by atoms with van der Waals surface area (Å²) in [6.45, 7) is 0. The number of hydrogen-bond donors (Lipinski definition) is 3. The van der Waals surface area contributed by atoms with E-state index in [0.29, 0.717) is 23.2 Å². The van der Waals surface area contributed by atoms with Crippen LogP contribution in [0.4, 0.5) is 11.6 Å². The van der Waals surface area contributed by atoms with Crippen LogP contribution in [0, 0.1) is 0 Å². The Labute approximate surface area is 86.3 Å². The molecule has 2 aromatic heterocycles. The number of aromatic nitrogens is 3. The van der Waals surface area contributed by atoms with E-state index in [4.69, 9.17) is 11.6 Å². The average Bonchev–Trinajstić information content (AvgIpc) is 2.29. The van der Waals surface area contributed by atoms with Gasteiger partial charge in [-0.15, -0.1) is 0 Å². The molecule has 0 aliphatic rings. The zero-order chi connectivity index (χ0) is 10.7. The lowest BCUT2D eigenvalue weighted by Gasteiger charge is -2.03. The van der Waals surface area contributed by atoms with Gasteiger partial charge >= 0.3 is 0 Å². The second-order valence-electron chi connectivity index (χ2n) is 2.86. The van der Waals surface area contributed by atoms with Gasteiger partial charge in [0.1, 0.15) is 17.3 Å². The number of nitrogens with one attached hydrogen (secondary N) is 1. The summed E-state index contributed by atoms with van der Waals surface area (Å²) in [5.74, 6) is 6.50. The third kappa shape index (κ3) is 2.00. The molecule has 0 fully saturated rings. The van der Waals surface area contributed by atoms with Gasteiger partial charge in [-0.2, -0.15) is 0 Å². The average molecular weight is 202 g/mol. The number of rotatable bonds is 2. The summed E-state index contributed by atoms with van der Waals surface area (Å²) in [5, 5.41) is 0. The van der Waals surface area contributed by atoms with Crippen LogP contribution < -0.4 is 17.0 Å². The molecule has 15 heavy (non-hydrogen) atoms. The fraction of sp³-hybridized carbons (Fsp3) is 0. The van der Waals surface area contributed by atoms with Crippen LogP contribution >= 0.6 is 0 Å². The lowest BCUT2D eigenvalue weighted by Crippen LogP contribution is -2.10. The zero-order valence-electron chi connectivity index (χ0n) is 7.88. The third-order valence-electron chi connectivity index (χ3n) is 1.79. The van der Waals surface area contributed by atoms with E-state index >= 15 is 0 Å². The Hall–Kier alpha value is -2.21. The summed E-state index contributed by atoms with van der Waals surface area (Å²) in [6.07, 6.45) is 1.66. The lowest BCUT2D eigenvalue weighted by atomic mass is 10.3. The second-order valence-corrected chi connectivity index (χ2v) is 2.86. The molecule has 0 aliphatic carbocycles. The predicted molar refractivity (Wildman–Crippen MR) is 57.5 cm³/mol. The van der Waals surface area contributed by atoms with Gasteiger partial charge in [0.2, 0.25) is 0 Å². The molecule has 0 aromatic carbocycles. The Morgan fingerprint density at radius 1 is 1.20 bits per heavy atom. The number of nitrogens with zero attached hydrogens (tertiary/aromatic N) is 3. The normalized spacial score (nSPS) is 9.93. The van der Waals surface area contributed by atoms with E-state index in [0.717, 1.165) is 0 Å². The molecule has 0 aliphatic heterocycles. The number of nitrogen functional groups attached to an aromatic ring is 2. The molecule has 0 amide bonds. The van der Waals surface area contributed by atoms with Crippen LogP contribution in [0.25, 0.3) is 11.5 Å². The number of nitrogens with two attached hydrogens (primary N) is 2. The first-order chi connectivity index (χ1) is 7.29. The monoisotopic (exact) mass is 202 g/mol. The van der Waals surface area contributed by atoms with Gasteiger partial charge in [0, 0.05) is 12.3 Å². The molecule has 2 heterocycles. The minimum atomic E-state index is 0.346. The molecule has 76 valence electrons. The molecule has 0 bridgehead atoms. The topological polar surface area (TPSA) is 103 Å². The van der Waals surface area contributed by atoms with Crippen molar-refractivity contribution in [2.45, 2.75) is 0 Å². The van der Waals surface area contributed by atoms with Crippen LogP contribution in [0.1, 0.15) is 0 Å². The fourth-order valence-electron chi connectivity index (χ4n) is 1.15. The minimum Gasteiger partial charge on any atom is -0.384 e. The molecule has 0 spiro atoms. The van der Waals surface area contributed by atoms with Gasteiger partial charge in [-0.05, 0) is 12.1 Å². The van der Waals surface area contributed by atoms with Crippen LogP contribution in [-0.2, 0) is 0 Å². The summed E-state index contributed by atoms with van der Waals surface area (Å²) in [6, 6.07) is 7.02. The van der Waals surface area contributed by atoms with Gasteiger partial charge in [-0.25, -0.2) is 15.8 Å². The van der Waals surface area contributed by atoms with Crippen molar-refractivity contribution in [2.75, 3.05) is 11.2 Å². The van der Waals surface area contributed by atoms with Crippen LogP contribution in [0.5, 0.6) is 0 Å². The van der Waals surface area contributed by atoms with Gasteiger partial charge in [0.05, 0.1) is 0 Å². The van der Waals surface area contributed by atoms with Gasteiger partial charge < -0.3 is 11.2 Å². The van der Waals surface area contributed by atoms with Crippen molar-refractivity contribution in [3.05, 3.63) is 30.5 Å². The molecule has 0 saturated heterocycles. The maximum atomic E-state index is 5.60. The Bertz CT molecular complexity index is 455. The molecule has 0 atom stereocenters. The Morgan fingerprint density at radius 2 is 2.07 bits per heavy atom. The maximum absolute atomic E-state index is 5.60. The highest BCUT2D eigenvalue weighted by atomic mass is 15.3. The molecule has 2 rings (SSSR count). The highest BCUT2D eigenvalue weighted by Gasteiger charge is 2.04. The van der Waals surface area contributed by atoms with Crippen molar-refractivity contribution in [3.8, 4) is 11.5 Å². The molecule has 6 heteroatoms. The van der Waals surface area contributed by atoms with E-state index < -0.39 is 0 Å². The van der Waals surface area contributed by atoms with Gasteiger partial charge in [0.25, 0.3) is 0 Å². The summed E-state index contributed by atoms with van der Waals surface area (Å²) in [7, 11) is 0. The number of pyridine rings is 1. The molecule has 0 radical (unpaired) electrons. The third-order valence-corrected chi connectivity index (χ3v) is 1.79. The van der Waals surface area contributed by atoms with Crippen molar-refractivity contribution in [2.24, 2.45) is 5.84 Å². The SMILES string of the molecule is NNc1cc(N)nc(-c2ccccn2)n1. The Kier molecular flexibility index (Phi) is 2.42. The van der Waals surface area contributed by atoms with Crippen LogP contribution in [-0.4, -0.2) is 15.0 Å². The van der Waals surface area contributed by atoms with Crippen molar-refractivity contribution < 1.29 is 0 Å². The molecule has 0 saturated carbocycles. The molecular weight excluding hydrogens is 192 g/mol. The minimum absolute atomic E-state index is 0.346. The van der Waals surface area contributed by atoms with E-state index in [1.807, 2.05) is 12.1 Å². The van der Waals surface area contributed by atoms with E-state index in [-0.39, 0.29) is 0 Å². The standard InChI is InChI=1S/C9H10N6/c10-7-5-8(15-11)14-9(13-7)6-3-1-2-4-12-6/h1-5H,11H2,(H3,10,13,14,15). The second kappa shape index (κ2) is 3.89. The van der Waals surface area contributed by atoms with Gasteiger partial charge in [-0.1, -0.05) is 6.07 Å². The number of hydrazine groups is 1. The van der Waals surface area contributed by atoms with E-state index in [9.17, 15) is 0 Å². The highest BCUT2D eigenvalue weighted by molar-refractivity contribution is 5.56. The predicted octanol–water partition coefficient (Wildman–Crippen LogP) is 0.406. The van der Waals surface area contributed by atoms with Crippen molar-refractivity contribution in [1.82, 2.24) is 15.0 Å². The summed E-state index contributed by atoms with van der Waals surface area (Å²) in [4.78, 5) is 12.3. The summed E-state index contributed by atoms with van der Waals surface area (Å²) >= 11 is 0. The summed E-state index contributed by atoms with van der Waals surface area (Å²) < 4.78 is 0. The van der Waals surface area contributed by atoms with E-state index in [2.05, 4.69) is 20.4 Å². The molecular formula is C9H10N6. The van der Waals surface area contributed by atoms with Crippen molar-refractivity contribution in [3.63, 3.8) is 0 Å². The zero-order valence-corrected chi connectivity index (χ0v) is 7.88. The Morgan fingerprint density at radius 3 is 2.73 bits per heavy atom. The van der Waals surface area contributed by atoms with Crippen LogP contribution in [0.2, 0.25) is 0 Å². The quantitative estimate of drug-likeness (QED) is 0.481. The van der Waals surface area contributed by atoms with Gasteiger partial charge in [0.15, 0.2) is 5.82 Å². The van der Waals surface area contributed by atoms with E-state index in [1.165, 1.54) is 0 Å². The first-order valence-corrected chi connectivity index (χ1v) is 4.32. The molecule has 5 N–H and O–H groups in total. The first kappa shape index (κ1) is 9.35. The first-order valence-electron chi connectivity index (χ1n) is 4.32. The fourth-order valence-corrected chi connectivity index (χ4v) is 1.15. The van der Waals surface area contributed by atoms with Crippen LogP contribution in [0.3, 0.4) is 0 Å².